The molecule has 1 rings (SSSR count). The second-order valence-electron chi connectivity index (χ2n) is 2.88. The summed E-state index contributed by atoms with van der Waals surface area (Å²) >= 11 is 5.61. The average molecular weight is 234 g/mol. The molecular weight excluding hydrogens is 221 g/mol. The zero-order valence-corrected chi connectivity index (χ0v) is 9.46. The fourth-order valence-electron chi connectivity index (χ4n) is 1.17. The molecule has 84 valence electrons. The van der Waals surface area contributed by atoms with Crippen LogP contribution in [0.3, 0.4) is 0 Å². The summed E-state index contributed by atoms with van der Waals surface area (Å²) in [6.45, 7) is 3.62. The molecule has 0 saturated carbocycles. The maximum Gasteiger partial charge on any atom is 0.224 e. The molecule has 1 aromatic rings. The summed E-state index contributed by atoms with van der Waals surface area (Å²) in [6, 6.07) is 0. The van der Waals surface area contributed by atoms with Crippen molar-refractivity contribution < 1.29 is 9.13 Å². The quantitative estimate of drug-likeness (QED) is 0.727. The van der Waals surface area contributed by atoms with Crippen molar-refractivity contribution in [3.63, 3.8) is 0 Å². The number of halogens is 2. The minimum absolute atomic E-state index is 0.0438. The lowest BCUT2D eigenvalue weighted by molar-refractivity contribution is 0.205. The van der Waals surface area contributed by atoms with Gasteiger partial charge in [-0.05, 0) is 18.5 Å². The highest BCUT2D eigenvalue weighted by molar-refractivity contribution is 6.28. The van der Waals surface area contributed by atoms with Gasteiger partial charge in [-0.3, -0.25) is 0 Å². The zero-order valence-electron chi connectivity index (χ0n) is 8.70. The molecule has 0 fully saturated rings. The van der Waals surface area contributed by atoms with Crippen molar-refractivity contribution in [2.75, 3.05) is 31.7 Å². The van der Waals surface area contributed by atoms with Crippen LogP contribution in [0.15, 0.2) is 6.20 Å². The van der Waals surface area contributed by atoms with Crippen molar-refractivity contribution >= 4 is 17.4 Å². The number of hydrogen-bond acceptors (Lipinski definition) is 4. The van der Waals surface area contributed by atoms with Crippen LogP contribution in [-0.4, -0.2) is 36.8 Å². The van der Waals surface area contributed by atoms with Crippen molar-refractivity contribution in [1.29, 1.82) is 0 Å². The van der Waals surface area contributed by atoms with Gasteiger partial charge in [0.15, 0.2) is 11.6 Å². The summed E-state index contributed by atoms with van der Waals surface area (Å²) in [5.41, 5.74) is 0. The second kappa shape index (κ2) is 5.82. The van der Waals surface area contributed by atoms with Gasteiger partial charge in [-0.25, -0.2) is 9.37 Å². The lowest BCUT2D eigenvalue weighted by Gasteiger charge is -2.21. The second-order valence-corrected chi connectivity index (χ2v) is 3.22. The van der Waals surface area contributed by atoms with Crippen LogP contribution < -0.4 is 4.90 Å². The maximum absolute atomic E-state index is 13.4. The molecule has 0 spiro atoms. The zero-order chi connectivity index (χ0) is 11.3. The Balaban J connectivity index is 2.85. The minimum atomic E-state index is -0.475. The van der Waals surface area contributed by atoms with Gasteiger partial charge in [0.05, 0.1) is 12.8 Å². The lowest BCUT2D eigenvalue weighted by Crippen LogP contribution is -2.28. The van der Waals surface area contributed by atoms with Gasteiger partial charge in [-0.2, -0.15) is 4.98 Å². The standard InChI is InChI=1S/C9H13ClFN3O/c1-3-14(4-5-15-2)8-7(11)6-12-9(10)13-8/h6H,3-5H2,1-2H3. The number of rotatable bonds is 5. The van der Waals surface area contributed by atoms with Gasteiger partial charge in [0.25, 0.3) is 0 Å². The van der Waals surface area contributed by atoms with E-state index in [1.54, 1.807) is 12.0 Å². The topological polar surface area (TPSA) is 38.2 Å². The van der Waals surface area contributed by atoms with E-state index >= 15 is 0 Å². The third kappa shape index (κ3) is 3.28. The summed E-state index contributed by atoms with van der Waals surface area (Å²) in [5.74, 6) is -0.257. The van der Waals surface area contributed by atoms with Crippen molar-refractivity contribution in [3.05, 3.63) is 17.3 Å². The molecule has 0 atom stereocenters. The largest absolute Gasteiger partial charge is 0.383 e. The van der Waals surface area contributed by atoms with Gasteiger partial charge in [0.1, 0.15) is 0 Å². The Labute approximate surface area is 93.0 Å². The van der Waals surface area contributed by atoms with E-state index in [1.165, 1.54) is 0 Å². The van der Waals surface area contributed by atoms with Gasteiger partial charge in [-0.15, -0.1) is 0 Å². The number of ether oxygens (including phenoxy) is 1. The summed E-state index contributed by atoms with van der Waals surface area (Å²) in [5, 5.41) is 0.0438. The van der Waals surface area contributed by atoms with Crippen molar-refractivity contribution in [1.82, 2.24) is 9.97 Å². The highest BCUT2D eigenvalue weighted by Gasteiger charge is 2.12. The molecule has 0 unspecified atom stereocenters. The fourth-order valence-corrected chi connectivity index (χ4v) is 1.30. The van der Waals surface area contributed by atoms with Crippen molar-refractivity contribution in [2.24, 2.45) is 0 Å². The first-order valence-corrected chi connectivity index (χ1v) is 4.98. The van der Waals surface area contributed by atoms with Gasteiger partial charge in [-0.1, -0.05) is 0 Å². The first-order chi connectivity index (χ1) is 7.19. The monoisotopic (exact) mass is 233 g/mol. The van der Waals surface area contributed by atoms with Crippen LogP contribution in [0.1, 0.15) is 6.92 Å². The molecule has 0 saturated heterocycles. The van der Waals surface area contributed by atoms with E-state index in [1.807, 2.05) is 6.92 Å². The molecule has 0 bridgehead atoms. The van der Waals surface area contributed by atoms with Crippen LogP contribution in [0.25, 0.3) is 0 Å². The SMILES string of the molecule is CCN(CCOC)c1nc(Cl)ncc1F. The Hall–Kier alpha value is -0.940. The molecule has 1 heterocycles. The number of aromatic nitrogens is 2. The van der Waals surface area contributed by atoms with Crippen LogP contribution in [0.2, 0.25) is 5.28 Å². The van der Waals surface area contributed by atoms with Gasteiger partial charge in [0.2, 0.25) is 5.28 Å². The van der Waals surface area contributed by atoms with Crippen molar-refractivity contribution in [3.8, 4) is 0 Å². The molecule has 0 amide bonds. The smallest absolute Gasteiger partial charge is 0.224 e. The maximum atomic E-state index is 13.4. The first kappa shape index (κ1) is 12.1. The third-order valence-electron chi connectivity index (χ3n) is 1.94. The molecular formula is C9H13ClFN3O. The van der Waals surface area contributed by atoms with E-state index in [0.29, 0.717) is 19.7 Å². The van der Waals surface area contributed by atoms with Crippen LogP contribution >= 0.6 is 11.6 Å². The predicted octanol–water partition coefficient (Wildman–Crippen LogP) is 1.74. The number of likely N-dealkylation sites (N-methyl/N-ethyl adjacent to an activating group) is 1. The molecule has 1 aromatic heterocycles. The fraction of sp³-hybridized carbons (Fsp3) is 0.556. The average Bonchev–Trinajstić information content (AvgIpc) is 2.24. The highest BCUT2D eigenvalue weighted by atomic mass is 35.5. The molecule has 0 aliphatic rings. The first-order valence-electron chi connectivity index (χ1n) is 4.61. The summed E-state index contributed by atoms with van der Waals surface area (Å²) in [7, 11) is 1.59. The van der Waals surface area contributed by atoms with E-state index in [-0.39, 0.29) is 11.1 Å². The Bertz CT molecular complexity index is 324. The van der Waals surface area contributed by atoms with E-state index in [0.717, 1.165) is 6.20 Å². The molecule has 0 radical (unpaired) electrons. The van der Waals surface area contributed by atoms with Gasteiger partial charge >= 0.3 is 0 Å². The number of nitrogens with zero attached hydrogens (tertiary/aromatic N) is 3. The van der Waals surface area contributed by atoms with Crippen molar-refractivity contribution in [2.45, 2.75) is 6.92 Å². The molecule has 0 N–H and O–H groups in total. The summed E-state index contributed by atoms with van der Waals surface area (Å²) in [4.78, 5) is 9.15. The Morgan fingerprint density at radius 3 is 2.93 bits per heavy atom. The number of anilines is 1. The summed E-state index contributed by atoms with van der Waals surface area (Å²) < 4.78 is 18.3. The van der Waals surface area contributed by atoms with E-state index in [9.17, 15) is 4.39 Å². The van der Waals surface area contributed by atoms with Crippen LogP contribution in [0, 0.1) is 5.82 Å². The highest BCUT2D eigenvalue weighted by Crippen LogP contribution is 2.16. The van der Waals surface area contributed by atoms with Crippen LogP contribution in [0.5, 0.6) is 0 Å². The molecule has 0 aliphatic carbocycles. The Morgan fingerprint density at radius 1 is 1.60 bits per heavy atom. The molecule has 0 aromatic carbocycles. The molecule has 0 aliphatic heterocycles. The third-order valence-corrected chi connectivity index (χ3v) is 2.12. The normalized spacial score (nSPS) is 10.4. The van der Waals surface area contributed by atoms with E-state index in [4.69, 9.17) is 16.3 Å². The molecule has 15 heavy (non-hydrogen) atoms. The number of methoxy groups -OCH3 is 1. The van der Waals surface area contributed by atoms with Crippen LogP contribution in [-0.2, 0) is 4.74 Å². The lowest BCUT2D eigenvalue weighted by atomic mass is 10.4. The van der Waals surface area contributed by atoms with Gasteiger partial charge in [0, 0.05) is 20.2 Å². The van der Waals surface area contributed by atoms with Gasteiger partial charge < -0.3 is 9.64 Å². The Morgan fingerprint density at radius 2 is 2.33 bits per heavy atom. The molecule has 4 nitrogen and oxygen atoms in total. The number of hydrogen-bond donors (Lipinski definition) is 0. The predicted molar refractivity (Wildman–Crippen MR) is 56.8 cm³/mol. The minimum Gasteiger partial charge on any atom is -0.383 e. The summed E-state index contributed by atoms with van der Waals surface area (Å²) in [6.07, 6.45) is 1.07. The van der Waals surface area contributed by atoms with Crippen LogP contribution in [0.4, 0.5) is 10.2 Å². The molecule has 6 heteroatoms. The van der Waals surface area contributed by atoms with E-state index < -0.39 is 5.82 Å². The Kier molecular flexibility index (Phi) is 4.71. The van der Waals surface area contributed by atoms with E-state index in [2.05, 4.69) is 9.97 Å².